The van der Waals surface area contributed by atoms with Gasteiger partial charge in [0.25, 0.3) is 0 Å². The standard InChI is InChI=1S/C15H18ClNO2S/c1-10(2)17(8-7-14(18)19)9-13-15(16)11-5-3-4-6-12(11)20-13/h3-6,10H,7-9H2,1-2H3,(H,18,19). The van der Waals surface area contributed by atoms with E-state index in [1.165, 1.54) is 4.70 Å². The van der Waals surface area contributed by atoms with Crippen LogP contribution in [0.3, 0.4) is 0 Å². The molecule has 108 valence electrons. The molecule has 3 nitrogen and oxygen atoms in total. The number of rotatable bonds is 6. The number of hydrogen-bond acceptors (Lipinski definition) is 3. The van der Waals surface area contributed by atoms with Gasteiger partial charge in [-0.2, -0.15) is 0 Å². The summed E-state index contributed by atoms with van der Waals surface area (Å²) >= 11 is 8.12. The van der Waals surface area contributed by atoms with E-state index < -0.39 is 5.97 Å². The molecule has 1 aromatic carbocycles. The molecule has 2 aromatic rings. The Morgan fingerprint density at radius 2 is 2.10 bits per heavy atom. The summed E-state index contributed by atoms with van der Waals surface area (Å²) in [5, 5.41) is 10.7. The summed E-state index contributed by atoms with van der Waals surface area (Å²) in [5.74, 6) is -0.766. The molecule has 5 heteroatoms. The lowest BCUT2D eigenvalue weighted by atomic mass is 10.2. The third kappa shape index (κ3) is 3.51. The minimum Gasteiger partial charge on any atom is -0.481 e. The van der Waals surface area contributed by atoms with Crippen LogP contribution < -0.4 is 0 Å². The molecular weight excluding hydrogens is 294 g/mol. The lowest BCUT2D eigenvalue weighted by Crippen LogP contribution is -2.32. The fraction of sp³-hybridized carbons (Fsp3) is 0.400. The molecular formula is C15H18ClNO2S. The van der Waals surface area contributed by atoms with Crippen LogP contribution in [0, 0.1) is 0 Å². The maximum atomic E-state index is 10.7. The molecule has 0 unspecified atom stereocenters. The zero-order valence-corrected chi connectivity index (χ0v) is 13.2. The first-order chi connectivity index (χ1) is 9.49. The zero-order valence-electron chi connectivity index (χ0n) is 11.6. The fourth-order valence-electron chi connectivity index (χ4n) is 2.11. The molecule has 0 atom stereocenters. The number of hydrogen-bond donors (Lipinski definition) is 1. The van der Waals surface area contributed by atoms with Gasteiger partial charge >= 0.3 is 5.97 Å². The Hall–Kier alpha value is -1.10. The van der Waals surface area contributed by atoms with Crippen LogP contribution in [0.4, 0.5) is 0 Å². The fourth-order valence-corrected chi connectivity index (χ4v) is 3.63. The molecule has 1 N–H and O–H groups in total. The van der Waals surface area contributed by atoms with Crippen LogP contribution in [0.2, 0.25) is 5.02 Å². The van der Waals surface area contributed by atoms with E-state index in [4.69, 9.17) is 16.7 Å². The first kappa shape index (κ1) is 15.3. The van der Waals surface area contributed by atoms with Crippen molar-refractivity contribution >= 4 is 39.0 Å². The molecule has 0 spiro atoms. The van der Waals surface area contributed by atoms with Gasteiger partial charge in [-0.1, -0.05) is 29.8 Å². The third-order valence-corrected chi connectivity index (χ3v) is 4.99. The highest BCUT2D eigenvalue weighted by molar-refractivity contribution is 7.19. The predicted octanol–water partition coefficient (Wildman–Crippen LogP) is 4.24. The average molecular weight is 312 g/mol. The Bertz CT molecular complexity index is 609. The van der Waals surface area contributed by atoms with E-state index in [1.807, 2.05) is 18.2 Å². The molecule has 0 bridgehead atoms. The second kappa shape index (κ2) is 6.57. The largest absolute Gasteiger partial charge is 0.481 e. The molecule has 0 saturated carbocycles. The van der Waals surface area contributed by atoms with Gasteiger partial charge < -0.3 is 5.11 Å². The van der Waals surface area contributed by atoms with Gasteiger partial charge in [0.2, 0.25) is 0 Å². The molecule has 1 heterocycles. The lowest BCUT2D eigenvalue weighted by Gasteiger charge is -2.25. The second-order valence-corrected chi connectivity index (χ2v) is 6.56. The number of benzene rings is 1. The molecule has 0 aliphatic rings. The minimum atomic E-state index is -0.766. The number of carbonyl (C=O) groups is 1. The molecule has 0 radical (unpaired) electrons. The van der Waals surface area contributed by atoms with Gasteiger partial charge in [0, 0.05) is 34.1 Å². The number of halogens is 1. The number of thiophene rings is 1. The summed E-state index contributed by atoms with van der Waals surface area (Å²) in [6, 6.07) is 8.36. The van der Waals surface area contributed by atoms with Gasteiger partial charge in [0.05, 0.1) is 11.4 Å². The van der Waals surface area contributed by atoms with Gasteiger partial charge in [-0.25, -0.2) is 0 Å². The van der Waals surface area contributed by atoms with Crippen LogP contribution in [0.1, 0.15) is 25.1 Å². The highest BCUT2D eigenvalue weighted by Gasteiger charge is 2.16. The van der Waals surface area contributed by atoms with Gasteiger partial charge in [-0.15, -0.1) is 11.3 Å². The Morgan fingerprint density at radius 3 is 2.70 bits per heavy atom. The number of carboxylic acid groups (broad SMARTS) is 1. The molecule has 0 amide bonds. The molecule has 20 heavy (non-hydrogen) atoms. The van der Waals surface area contributed by atoms with Crippen molar-refractivity contribution in [1.82, 2.24) is 4.90 Å². The minimum absolute atomic E-state index is 0.153. The van der Waals surface area contributed by atoms with Crippen LogP contribution in [0.25, 0.3) is 10.1 Å². The van der Waals surface area contributed by atoms with E-state index in [0.717, 1.165) is 15.3 Å². The summed E-state index contributed by atoms with van der Waals surface area (Å²) in [7, 11) is 0. The Labute approximate surface area is 127 Å². The third-order valence-electron chi connectivity index (χ3n) is 3.29. The molecule has 0 aliphatic heterocycles. The van der Waals surface area contributed by atoms with Crippen LogP contribution >= 0.6 is 22.9 Å². The van der Waals surface area contributed by atoms with Gasteiger partial charge in [0.1, 0.15) is 0 Å². The van der Waals surface area contributed by atoms with E-state index in [1.54, 1.807) is 11.3 Å². The molecule has 0 saturated heterocycles. The van der Waals surface area contributed by atoms with Crippen molar-refractivity contribution in [2.75, 3.05) is 6.54 Å². The van der Waals surface area contributed by atoms with E-state index in [-0.39, 0.29) is 12.5 Å². The Balaban J connectivity index is 2.19. The summed E-state index contributed by atoms with van der Waals surface area (Å²) < 4.78 is 1.18. The van der Waals surface area contributed by atoms with E-state index in [0.29, 0.717) is 13.1 Å². The van der Waals surface area contributed by atoms with Crippen LogP contribution in [0.15, 0.2) is 24.3 Å². The maximum Gasteiger partial charge on any atom is 0.304 e. The summed E-state index contributed by atoms with van der Waals surface area (Å²) in [4.78, 5) is 14.0. The van der Waals surface area contributed by atoms with Crippen LogP contribution in [0.5, 0.6) is 0 Å². The first-order valence-corrected chi connectivity index (χ1v) is 7.80. The number of fused-ring (bicyclic) bond motifs is 1. The van der Waals surface area contributed by atoms with Crippen molar-refractivity contribution in [3.05, 3.63) is 34.2 Å². The van der Waals surface area contributed by atoms with Crippen molar-refractivity contribution in [1.29, 1.82) is 0 Å². The summed E-state index contributed by atoms with van der Waals surface area (Å²) in [6.45, 7) is 5.38. The lowest BCUT2D eigenvalue weighted by molar-refractivity contribution is -0.137. The van der Waals surface area contributed by atoms with Gasteiger partial charge in [-0.05, 0) is 19.9 Å². The molecule has 2 rings (SSSR count). The Morgan fingerprint density at radius 1 is 1.40 bits per heavy atom. The van der Waals surface area contributed by atoms with E-state index in [2.05, 4.69) is 24.8 Å². The van der Waals surface area contributed by atoms with E-state index in [9.17, 15) is 4.79 Å². The van der Waals surface area contributed by atoms with Crippen molar-refractivity contribution in [3.63, 3.8) is 0 Å². The van der Waals surface area contributed by atoms with Crippen LogP contribution in [-0.2, 0) is 11.3 Å². The van der Waals surface area contributed by atoms with Crippen molar-refractivity contribution in [2.45, 2.75) is 32.9 Å². The van der Waals surface area contributed by atoms with Gasteiger partial charge in [-0.3, -0.25) is 9.69 Å². The van der Waals surface area contributed by atoms with Crippen molar-refractivity contribution < 1.29 is 9.90 Å². The van der Waals surface area contributed by atoms with Crippen molar-refractivity contribution in [2.24, 2.45) is 0 Å². The topological polar surface area (TPSA) is 40.5 Å². The first-order valence-electron chi connectivity index (χ1n) is 6.60. The van der Waals surface area contributed by atoms with Crippen LogP contribution in [-0.4, -0.2) is 28.6 Å². The maximum absolute atomic E-state index is 10.7. The highest BCUT2D eigenvalue weighted by Crippen LogP contribution is 2.36. The predicted molar refractivity (Wildman–Crippen MR) is 84.6 cm³/mol. The molecule has 0 fully saturated rings. The van der Waals surface area contributed by atoms with Crippen molar-refractivity contribution in [3.8, 4) is 0 Å². The normalized spacial score (nSPS) is 11.7. The Kier molecular flexibility index (Phi) is 5.02. The number of aliphatic carboxylic acids is 1. The highest BCUT2D eigenvalue weighted by atomic mass is 35.5. The number of carboxylic acids is 1. The SMILES string of the molecule is CC(C)N(CCC(=O)O)Cc1sc2ccccc2c1Cl. The molecule has 0 aliphatic carbocycles. The number of nitrogens with zero attached hydrogens (tertiary/aromatic N) is 1. The zero-order chi connectivity index (χ0) is 14.7. The average Bonchev–Trinajstić information content (AvgIpc) is 2.71. The monoisotopic (exact) mass is 311 g/mol. The van der Waals surface area contributed by atoms with E-state index >= 15 is 0 Å². The molecule has 1 aromatic heterocycles. The smallest absolute Gasteiger partial charge is 0.304 e. The summed E-state index contributed by atoms with van der Waals surface area (Å²) in [6.07, 6.45) is 0.153. The quantitative estimate of drug-likeness (QED) is 0.867. The summed E-state index contributed by atoms with van der Waals surface area (Å²) in [5.41, 5.74) is 0. The van der Waals surface area contributed by atoms with Gasteiger partial charge in [0.15, 0.2) is 0 Å². The second-order valence-electron chi connectivity index (χ2n) is 5.04.